The molecule has 4 heterocycles. The summed E-state index contributed by atoms with van der Waals surface area (Å²) < 4.78 is 5.50. The molecule has 3 aromatic heterocycles. The lowest BCUT2D eigenvalue weighted by atomic mass is 10.0. The van der Waals surface area contributed by atoms with Crippen molar-refractivity contribution in [3.63, 3.8) is 0 Å². The fourth-order valence-electron chi connectivity index (χ4n) is 4.11. The van der Waals surface area contributed by atoms with Gasteiger partial charge in [0.25, 0.3) is 5.91 Å². The number of fused-ring (bicyclic) bond motifs is 2. The fourth-order valence-corrected chi connectivity index (χ4v) is 4.38. The summed E-state index contributed by atoms with van der Waals surface area (Å²) in [6, 6.07) is 11.0. The summed E-state index contributed by atoms with van der Waals surface area (Å²) in [5.74, 6) is 0.461. The van der Waals surface area contributed by atoms with Crippen molar-refractivity contribution in [2.45, 2.75) is 25.9 Å². The number of carbonyl (C=O) groups excluding carboxylic acids is 1. The van der Waals surface area contributed by atoms with Crippen LogP contribution in [0.3, 0.4) is 0 Å². The van der Waals surface area contributed by atoms with E-state index in [9.17, 15) is 4.79 Å². The van der Waals surface area contributed by atoms with Crippen molar-refractivity contribution in [1.82, 2.24) is 24.8 Å². The Balaban J connectivity index is 1.56. The molecule has 4 aromatic rings. The monoisotopic (exact) mass is 462 g/mol. The molecular weight excluding hydrogens is 440 g/mol. The number of amides is 1. The summed E-state index contributed by atoms with van der Waals surface area (Å²) in [6.45, 7) is 5.48. The molecule has 168 valence electrons. The van der Waals surface area contributed by atoms with Gasteiger partial charge in [-0.2, -0.15) is 0 Å². The summed E-state index contributed by atoms with van der Waals surface area (Å²) in [7, 11) is 0. The summed E-state index contributed by atoms with van der Waals surface area (Å²) in [5.41, 5.74) is 2.48. The van der Waals surface area contributed by atoms with Crippen LogP contribution >= 0.6 is 11.6 Å². The maximum Gasteiger partial charge on any atom is 0.273 e. The van der Waals surface area contributed by atoms with Crippen LogP contribution in [0.2, 0.25) is 5.02 Å². The van der Waals surface area contributed by atoms with E-state index in [1.807, 2.05) is 44.2 Å². The van der Waals surface area contributed by atoms with Gasteiger partial charge >= 0.3 is 0 Å². The topological polar surface area (TPSA) is 93.1 Å². The van der Waals surface area contributed by atoms with Crippen LogP contribution in [-0.2, 0) is 4.74 Å². The highest BCUT2D eigenvalue weighted by molar-refractivity contribution is 6.36. The van der Waals surface area contributed by atoms with E-state index in [2.05, 4.69) is 20.3 Å². The molecule has 1 aliphatic rings. The number of nitrogens with zero attached hydrogens (tertiary/aromatic N) is 5. The minimum atomic E-state index is -0.248. The maximum atomic E-state index is 13.6. The number of carbonyl (C=O) groups is 1. The third-order valence-corrected chi connectivity index (χ3v) is 6.16. The van der Waals surface area contributed by atoms with Gasteiger partial charge in [-0.05, 0) is 43.5 Å². The van der Waals surface area contributed by atoms with Gasteiger partial charge in [0.15, 0.2) is 5.82 Å². The molecule has 1 aliphatic heterocycles. The molecule has 9 heteroatoms. The number of anilines is 1. The van der Waals surface area contributed by atoms with E-state index in [1.54, 1.807) is 17.2 Å². The van der Waals surface area contributed by atoms with Gasteiger partial charge in [-0.1, -0.05) is 23.7 Å². The van der Waals surface area contributed by atoms with E-state index in [0.29, 0.717) is 52.9 Å². The number of hydrogen-bond acceptors (Lipinski definition) is 7. The van der Waals surface area contributed by atoms with Gasteiger partial charge in [0, 0.05) is 18.1 Å². The standard InChI is InChI=1S/C24H23ClN6O2/c1-14-12-33-10-9-31(14)24(32)22-20-16(5-3-6-17(20)25)11-19(30-22)15(2)29-23-21-18(27-13-28-23)7-4-8-26-21/h3-8,11,13-15H,9-10,12H2,1-2H3,(H,27,28,29). The highest BCUT2D eigenvalue weighted by Crippen LogP contribution is 2.31. The van der Waals surface area contributed by atoms with Crippen molar-refractivity contribution in [2.75, 3.05) is 25.1 Å². The van der Waals surface area contributed by atoms with Crippen LogP contribution in [0.5, 0.6) is 0 Å². The lowest BCUT2D eigenvalue weighted by Crippen LogP contribution is -2.47. The lowest BCUT2D eigenvalue weighted by Gasteiger charge is -2.33. The molecule has 1 N–H and O–H groups in total. The minimum Gasteiger partial charge on any atom is -0.377 e. The van der Waals surface area contributed by atoms with Crippen LogP contribution in [0.4, 0.5) is 5.82 Å². The summed E-state index contributed by atoms with van der Waals surface area (Å²) in [4.78, 5) is 33.2. The molecule has 0 bridgehead atoms. The van der Waals surface area contributed by atoms with Crippen molar-refractivity contribution in [1.29, 1.82) is 0 Å². The number of pyridine rings is 2. The summed E-state index contributed by atoms with van der Waals surface area (Å²) in [5, 5.41) is 5.40. The zero-order valence-corrected chi connectivity index (χ0v) is 19.1. The Hall–Kier alpha value is -3.36. The number of morpholine rings is 1. The molecular formula is C24H23ClN6O2. The Kier molecular flexibility index (Phi) is 5.78. The molecule has 1 aromatic carbocycles. The van der Waals surface area contributed by atoms with Crippen molar-refractivity contribution in [3.05, 3.63) is 65.3 Å². The van der Waals surface area contributed by atoms with Gasteiger partial charge in [0.1, 0.15) is 17.5 Å². The molecule has 0 aliphatic carbocycles. The summed E-state index contributed by atoms with van der Waals surface area (Å²) in [6.07, 6.45) is 3.21. The van der Waals surface area contributed by atoms with Crippen LogP contribution in [0, 0.1) is 0 Å². The van der Waals surface area contributed by atoms with E-state index < -0.39 is 0 Å². The number of ether oxygens (including phenoxy) is 1. The lowest BCUT2D eigenvalue weighted by molar-refractivity contribution is 0.00338. The largest absolute Gasteiger partial charge is 0.377 e. The number of benzene rings is 1. The molecule has 0 radical (unpaired) electrons. The van der Waals surface area contributed by atoms with E-state index in [4.69, 9.17) is 21.3 Å². The molecule has 0 spiro atoms. The average molecular weight is 463 g/mol. The Morgan fingerprint density at radius 2 is 2.12 bits per heavy atom. The quantitative estimate of drug-likeness (QED) is 0.484. The first-order valence-electron chi connectivity index (χ1n) is 10.8. The Bertz CT molecular complexity index is 1340. The van der Waals surface area contributed by atoms with Crippen LogP contribution in [0.15, 0.2) is 48.9 Å². The molecule has 1 amide bonds. The Labute approximate surface area is 196 Å². The molecule has 5 rings (SSSR count). The van der Waals surface area contributed by atoms with E-state index in [0.717, 1.165) is 10.9 Å². The smallest absolute Gasteiger partial charge is 0.273 e. The molecule has 2 atom stereocenters. The predicted octanol–water partition coefficient (Wildman–Crippen LogP) is 4.26. The molecule has 33 heavy (non-hydrogen) atoms. The van der Waals surface area contributed by atoms with Gasteiger partial charge in [-0.15, -0.1) is 0 Å². The number of rotatable bonds is 4. The zero-order valence-electron chi connectivity index (χ0n) is 18.3. The van der Waals surface area contributed by atoms with E-state index in [1.165, 1.54) is 6.33 Å². The SMILES string of the molecule is CC(Nc1ncnc2cccnc12)c1cc2cccc(Cl)c2c(C(=O)N2CCOCC2C)n1. The van der Waals surface area contributed by atoms with Gasteiger partial charge < -0.3 is 15.0 Å². The fraction of sp³-hybridized carbons (Fsp3) is 0.292. The van der Waals surface area contributed by atoms with Gasteiger partial charge in [-0.3, -0.25) is 9.78 Å². The van der Waals surface area contributed by atoms with Crippen LogP contribution in [0.1, 0.15) is 36.1 Å². The first-order chi connectivity index (χ1) is 16.0. The third kappa shape index (κ3) is 4.07. The Morgan fingerprint density at radius 1 is 1.24 bits per heavy atom. The van der Waals surface area contributed by atoms with Crippen molar-refractivity contribution in [3.8, 4) is 0 Å². The number of nitrogens with one attached hydrogen (secondary N) is 1. The second-order valence-corrected chi connectivity index (χ2v) is 8.52. The Morgan fingerprint density at radius 3 is 2.97 bits per heavy atom. The second kappa shape index (κ2) is 8.88. The number of halogens is 1. The van der Waals surface area contributed by atoms with Crippen molar-refractivity contribution in [2.24, 2.45) is 0 Å². The maximum absolute atomic E-state index is 13.6. The highest BCUT2D eigenvalue weighted by Gasteiger charge is 2.28. The zero-order chi connectivity index (χ0) is 22.9. The van der Waals surface area contributed by atoms with Gasteiger partial charge in [0.05, 0.1) is 41.5 Å². The van der Waals surface area contributed by atoms with E-state index in [-0.39, 0.29) is 18.0 Å². The van der Waals surface area contributed by atoms with Gasteiger partial charge in [0.2, 0.25) is 0 Å². The number of aromatic nitrogens is 4. The minimum absolute atomic E-state index is 0.0387. The van der Waals surface area contributed by atoms with Gasteiger partial charge in [-0.25, -0.2) is 15.0 Å². The first-order valence-corrected chi connectivity index (χ1v) is 11.2. The van der Waals surface area contributed by atoms with Crippen LogP contribution in [-0.4, -0.2) is 56.5 Å². The normalized spacial score (nSPS) is 17.3. The highest BCUT2D eigenvalue weighted by atomic mass is 35.5. The average Bonchev–Trinajstić information content (AvgIpc) is 2.83. The van der Waals surface area contributed by atoms with Crippen molar-refractivity contribution < 1.29 is 9.53 Å². The van der Waals surface area contributed by atoms with Crippen LogP contribution in [0.25, 0.3) is 21.8 Å². The molecule has 8 nitrogen and oxygen atoms in total. The molecule has 1 fully saturated rings. The van der Waals surface area contributed by atoms with E-state index >= 15 is 0 Å². The second-order valence-electron chi connectivity index (χ2n) is 8.12. The molecule has 0 saturated carbocycles. The molecule has 2 unspecified atom stereocenters. The van der Waals surface area contributed by atoms with Crippen LogP contribution < -0.4 is 5.32 Å². The third-order valence-electron chi connectivity index (χ3n) is 5.85. The molecule has 1 saturated heterocycles. The van der Waals surface area contributed by atoms with Crippen molar-refractivity contribution >= 4 is 45.1 Å². The summed E-state index contributed by atoms with van der Waals surface area (Å²) >= 11 is 6.53. The number of hydrogen-bond donors (Lipinski definition) is 1. The first kappa shape index (κ1) is 21.5. The predicted molar refractivity (Wildman–Crippen MR) is 127 cm³/mol.